The Bertz CT molecular complexity index is 825. The summed E-state index contributed by atoms with van der Waals surface area (Å²) in [4.78, 5) is 32.0. The van der Waals surface area contributed by atoms with Crippen molar-refractivity contribution in [2.75, 3.05) is 0 Å². The molecule has 0 radical (unpaired) electrons. The average Bonchev–Trinajstić information content (AvgIpc) is 3.13. The van der Waals surface area contributed by atoms with Crippen LogP contribution in [0.1, 0.15) is 37.9 Å². The molecule has 0 unspecified atom stereocenters. The molecule has 94 valence electrons. The third-order valence-corrected chi connectivity index (χ3v) is 3.42. The molecule has 0 fully saturated rings. The topological polar surface area (TPSA) is 62.8 Å². The van der Waals surface area contributed by atoms with Crippen molar-refractivity contribution in [3.8, 4) is 0 Å². The summed E-state index contributed by atoms with van der Waals surface area (Å²) in [6.07, 6.45) is 5.41. The number of rotatable bonds is 1. The molecule has 2 aliphatic carbocycles. The maximum atomic E-state index is 12.4. The van der Waals surface area contributed by atoms with Crippen LogP contribution in [0.4, 0.5) is 0 Å². The van der Waals surface area contributed by atoms with E-state index in [2.05, 4.69) is 15.7 Å². The minimum Gasteiger partial charge on any atom is -0.334 e. The lowest BCUT2D eigenvalue weighted by Gasteiger charge is -2.11. The highest BCUT2D eigenvalue weighted by molar-refractivity contribution is 6.27. The number of fused-ring (bicyclic) bond motifs is 2. The Morgan fingerprint density at radius 1 is 1.05 bits per heavy atom. The van der Waals surface area contributed by atoms with Gasteiger partial charge in [-0.15, -0.1) is 5.73 Å². The minimum absolute atomic E-state index is 0.193. The smallest absolute Gasteiger partial charge is 0.214 e. The van der Waals surface area contributed by atoms with E-state index in [1.54, 1.807) is 30.3 Å². The zero-order valence-corrected chi connectivity index (χ0v) is 10.3. The first-order valence-corrected chi connectivity index (χ1v) is 6.18. The fraction of sp³-hybridized carbons (Fsp3) is 0. The molecular weight excluding hydrogens is 252 g/mol. The molecule has 0 saturated heterocycles. The van der Waals surface area contributed by atoms with Crippen molar-refractivity contribution < 1.29 is 9.59 Å². The maximum Gasteiger partial charge on any atom is 0.214 e. The number of nitrogens with zero attached hydrogens (tertiary/aromatic N) is 1. The summed E-state index contributed by atoms with van der Waals surface area (Å²) in [6.45, 7) is 0. The summed E-state index contributed by atoms with van der Waals surface area (Å²) < 4.78 is 0. The van der Waals surface area contributed by atoms with Gasteiger partial charge in [0.2, 0.25) is 11.6 Å². The van der Waals surface area contributed by atoms with Crippen molar-refractivity contribution in [1.82, 2.24) is 9.97 Å². The van der Waals surface area contributed by atoms with E-state index in [1.165, 1.54) is 0 Å². The van der Waals surface area contributed by atoms with Gasteiger partial charge in [0.05, 0.1) is 5.57 Å². The quantitative estimate of drug-likeness (QED) is 0.683. The molecule has 0 saturated carbocycles. The zero-order valence-electron chi connectivity index (χ0n) is 10.3. The standard InChI is InChI=1S/C16H8N2O2/c19-14-10-7-3-4-8-11(10)15(20)13-12(14)17-16(18-13)9-5-1-2-6-9/h1-5,7-8H,(H,17,18). The van der Waals surface area contributed by atoms with Crippen LogP contribution >= 0.6 is 0 Å². The van der Waals surface area contributed by atoms with Crippen LogP contribution in [0.15, 0.2) is 48.2 Å². The zero-order chi connectivity index (χ0) is 13.7. The predicted octanol–water partition coefficient (Wildman–Crippen LogP) is 2.29. The van der Waals surface area contributed by atoms with Gasteiger partial charge in [-0.1, -0.05) is 30.3 Å². The van der Waals surface area contributed by atoms with Crippen LogP contribution in [-0.4, -0.2) is 21.5 Å². The molecule has 2 aromatic rings. The number of carbonyl (C=O) groups is 2. The molecule has 0 atom stereocenters. The van der Waals surface area contributed by atoms with E-state index >= 15 is 0 Å². The first kappa shape index (κ1) is 10.9. The van der Waals surface area contributed by atoms with Crippen molar-refractivity contribution >= 4 is 17.1 Å². The Labute approximate surface area is 114 Å². The third kappa shape index (κ3) is 1.34. The number of imidazole rings is 1. The minimum atomic E-state index is -0.218. The number of hydrogen-bond acceptors (Lipinski definition) is 3. The monoisotopic (exact) mass is 260 g/mol. The first-order valence-electron chi connectivity index (χ1n) is 6.18. The molecule has 0 bridgehead atoms. The normalized spacial score (nSPS) is 15.3. The van der Waals surface area contributed by atoms with Gasteiger partial charge in [-0.3, -0.25) is 9.59 Å². The summed E-state index contributed by atoms with van der Waals surface area (Å²) >= 11 is 0. The second-order valence-electron chi connectivity index (χ2n) is 4.60. The average molecular weight is 260 g/mol. The second-order valence-corrected chi connectivity index (χ2v) is 4.60. The van der Waals surface area contributed by atoms with Crippen molar-refractivity contribution in [2.24, 2.45) is 0 Å². The van der Waals surface area contributed by atoms with Gasteiger partial charge < -0.3 is 4.98 Å². The number of ketones is 2. The van der Waals surface area contributed by atoms with Crippen LogP contribution in [-0.2, 0) is 0 Å². The largest absolute Gasteiger partial charge is 0.334 e. The molecule has 20 heavy (non-hydrogen) atoms. The van der Waals surface area contributed by atoms with Crippen LogP contribution < -0.4 is 0 Å². The Hall–Kier alpha value is -2.97. The molecule has 1 aromatic heterocycles. The molecular formula is C16H8N2O2. The highest BCUT2D eigenvalue weighted by Gasteiger charge is 2.33. The van der Waals surface area contributed by atoms with E-state index in [4.69, 9.17) is 0 Å². The summed E-state index contributed by atoms with van der Waals surface area (Å²) in [7, 11) is 0. The van der Waals surface area contributed by atoms with Gasteiger partial charge in [-0.05, 0) is 12.2 Å². The number of carbonyl (C=O) groups excluding carboxylic acids is 2. The number of aromatic amines is 1. The van der Waals surface area contributed by atoms with Gasteiger partial charge >= 0.3 is 0 Å². The molecule has 4 heteroatoms. The third-order valence-electron chi connectivity index (χ3n) is 3.42. The van der Waals surface area contributed by atoms with Gasteiger partial charge in [0.25, 0.3) is 0 Å². The SMILES string of the molecule is O=C1c2ccccc2C(=O)c2[nH]c(C3=C=CC=C3)nc21. The Morgan fingerprint density at radius 2 is 1.80 bits per heavy atom. The number of benzene rings is 1. The summed E-state index contributed by atoms with van der Waals surface area (Å²) in [5, 5.41) is 0. The number of aromatic nitrogens is 2. The van der Waals surface area contributed by atoms with Crippen molar-refractivity contribution in [2.45, 2.75) is 0 Å². The van der Waals surface area contributed by atoms with E-state index in [-0.39, 0.29) is 23.0 Å². The van der Waals surface area contributed by atoms with E-state index in [1.807, 2.05) is 12.2 Å². The number of nitrogens with one attached hydrogen (secondary N) is 1. The Kier molecular flexibility index (Phi) is 2.05. The van der Waals surface area contributed by atoms with Gasteiger partial charge in [0, 0.05) is 11.1 Å². The van der Waals surface area contributed by atoms with E-state index in [0.29, 0.717) is 17.0 Å². The second kappa shape index (κ2) is 3.76. The van der Waals surface area contributed by atoms with Crippen molar-refractivity contribution in [3.63, 3.8) is 0 Å². The fourth-order valence-electron chi connectivity index (χ4n) is 2.45. The molecule has 0 aliphatic heterocycles. The first-order chi connectivity index (χ1) is 9.75. The van der Waals surface area contributed by atoms with Crippen LogP contribution in [0.2, 0.25) is 0 Å². The number of allylic oxidation sites excluding steroid dienone is 3. The van der Waals surface area contributed by atoms with Crippen molar-refractivity contribution in [1.29, 1.82) is 0 Å². The van der Waals surface area contributed by atoms with Crippen LogP contribution in [0, 0.1) is 0 Å². The predicted molar refractivity (Wildman–Crippen MR) is 72.5 cm³/mol. The van der Waals surface area contributed by atoms with Gasteiger partial charge in [-0.2, -0.15) is 0 Å². The lowest BCUT2D eigenvalue weighted by Crippen LogP contribution is -2.20. The molecule has 0 spiro atoms. The summed E-state index contributed by atoms with van der Waals surface area (Å²) in [5.41, 5.74) is 5.03. The van der Waals surface area contributed by atoms with Crippen LogP contribution in [0.3, 0.4) is 0 Å². The van der Waals surface area contributed by atoms with Crippen LogP contribution in [0.25, 0.3) is 5.57 Å². The fourth-order valence-corrected chi connectivity index (χ4v) is 2.45. The lowest BCUT2D eigenvalue weighted by atomic mass is 9.90. The molecule has 1 N–H and O–H groups in total. The maximum absolute atomic E-state index is 12.4. The van der Waals surface area contributed by atoms with E-state index < -0.39 is 0 Å². The molecule has 1 heterocycles. The van der Waals surface area contributed by atoms with Crippen molar-refractivity contribution in [3.05, 3.63) is 76.6 Å². The van der Waals surface area contributed by atoms with Gasteiger partial charge in [0.1, 0.15) is 17.2 Å². The molecule has 1 aromatic carbocycles. The number of hydrogen-bond donors (Lipinski definition) is 1. The highest BCUT2D eigenvalue weighted by Crippen LogP contribution is 2.27. The molecule has 4 nitrogen and oxygen atoms in total. The van der Waals surface area contributed by atoms with Crippen LogP contribution in [0.5, 0.6) is 0 Å². The lowest BCUT2D eigenvalue weighted by molar-refractivity contribution is 0.0974. The molecule has 2 aliphatic rings. The summed E-state index contributed by atoms with van der Waals surface area (Å²) in [5.74, 6) is 0.0827. The molecule has 4 rings (SSSR count). The summed E-state index contributed by atoms with van der Waals surface area (Å²) in [6, 6.07) is 6.81. The molecule has 0 amide bonds. The highest BCUT2D eigenvalue weighted by atomic mass is 16.1. The Morgan fingerprint density at radius 3 is 2.50 bits per heavy atom. The van der Waals surface area contributed by atoms with E-state index in [0.717, 1.165) is 5.57 Å². The van der Waals surface area contributed by atoms with Gasteiger partial charge in [0.15, 0.2) is 0 Å². The number of H-pyrrole nitrogens is 1. The van der Waals surface area contributed by atoms with Gasteiger partial charge in [-0.25, -0.2) is 4.98 Å². The van der Waals surface area contributed by atoms with E-state index in [9.17, 15) is 9.59 Å². The Balaban J connectivity index is 1.94.